The van der Waals surface area contributed by atoms with Gasteiger partial charge in [0.25, 0.3) is 9.05 Å². The summed E-state index contributed by atoms with van der Waals surface area (Å²) in [4.78, 5) is -0.715. The normalized spacial score (nSPS) is 11.0. The van der Waals surface area contributed by atoms with Gasteiger partial charge in [0.1, 0.15) is 23.3 Å². The van der Waals surface area contributed by atoms with Crippen LogP contribution < -0.4 is 0 Å². The van der Waals surface area contributed by atoms with Crippen LogP contribution in [0.25, 0.3) is 0 Å². The average Bonchev–Trinajstić information content (AvgIpc) is 2.01. The highest BCUT2D eigenvalue weighted by Crippen LogP contribution is 2.20. The molecule has 0 aliphatic rings. The lowest BCUT2D eigenvalue weighted by atomic mass is 10.2. The molecule has 7 heteroatoms. The summed E-state index contributed by atoms with van der Waals surface area (Å²) in [6.45, 7) is 0. The van der Waals surface area contributed by atoms with Gasteiger partial charge in [-0.25, -0.2) is 17.2 Å². The zero-order valence-corrected chi connectivity index (χ0v) is 8.03. The average molecular weight is 238 g/mol. The van der Waals surface area contributed by atoms with Crippen molar-refractivity contribution in [2.45, 2.75) is 4.90 Å². The minimum absolute atomic E-state index is 0.490. The van der Waals surface area contributed by atoms with Crippen LogP contribution in [-0.2, 0) is 9.05 Å². The number of rotatable bonds is 1. The van der Waals surface area contributed by atoms with E-state index in [0.717, 1.165) is 0 Å². The molecule has 74 valence electrons. The fourth-order valence-electron chi connectivity index (χ4n) is 0.797. The van der Waals surface area contributed by atoms with Crippen molar-refractivity contribution < 1.29 is 17.2 Å². The van der Waals surface area contributed by atoms with Crippen molar-refractivity contribution in [1.29, 1.82) is 5.26 Å². The minimum atomic E-state index is -4.19. The molecule has 0 N–H and O–H groups in total. The van der Waals surface area contributed by atoms with Crippen molar-refractivity contribution in [3.05, 3.63) is 29.3 Å². The Kier molecular flexibility index (Phi) is 2.73. The van der Waals surface area contributed by atoms with E-state index in [4.69, 9.17) is 15.9 Å². The van der Waals surface area contributed by atoms with Gasteiger partial charge in [0.2, 0.25) is 0 Å². The molecule has 1 aromatic rings. The summed E-state index contributed by atoms with van der Waals surface area (Å²) in [6, 6.07) is 2.23. The zero-order valence-electron chi connectivity index (χ0n) is 6.46. The Morgan fingerprint density at radius 2 is 1.71 bits per heavy atom. The van der Waals surface area contributed by atoms with E-state index in [1.165, 1.54) is 6.07 Å². The third kappa shape index (κ3) is 2.00. The maximum Gasteiger partial charge on any atom is 0.261 e. The van der Waals surface area contributed by atoms with Crippen molar-refractivity contribution in [1.82, 2.24) is 0 Å². The molecule has 0 spiro atoms. The van der Waals surface area contributed by atoms with Crippen LogP contribution in [-0.4, -0.2) is 8.42 Å². The van der Waals surface area contributed by atoms with Crippen molar-refractivity contribution in [3.8, 4) is 6.07 Å². The van der Waals surface area contributed by atoms with Gasteiger partial charge in [-0.1, -0.05) is 0 Å². The summed E-state index contributed by atoms with van der Waals surface area (Å²) in [5.41, 5.74) is -0.839. The van der Waals surface area contributed by atoms with Gasteiger partial charge in [-0.15, -0.1) is 0 Å². The number of nitrogens with zero attached hydrogens (tertiary/aromatic N) is 1. The van der Waals surface area contributed by atoms with E-state index in [1.54, 1.807) is 0 Å². The molecular weight excluding hydrogens is 236 g/mol. The van der Waals surface area contributed by atoms with E-state index in [-0.39, 0.29) is 0 Å². The van der Waals surface area contributed by atoms with Crippen molar-refractivity contribution >= 4 is 19.7 Å². The number of hydrogen-bond acceptors (Lipinski definition) is 3. The molecule has 14 heavy (non-hydrogen) atoms. The monoisotopic (exact) mass is 237 g/mol. The van der Waals surface area contributed by atoms with E-state index < -0.39 is 31.1 Å². The Morgan fingerprint density at radius 1 is 1.29 bits per heavy atom. The molecule has 0 aliphatic carbocycles. The Balaban J connectivity index is 3.53. The SMILES string of the molecule is N#Cc1c(F)cc(S(=O)(=O)Cl)cc1F. The molecule has 0 radical (unpaired) electrons. The molecule has 0 unspecified atom stereocenters. The van der Waals surface area contributed by atoms with E-state index in [9.17, 15) is 17.2 Å². The Hall–Kier alpha value is -1.19. The van der Waals surface area contributed by atoms with Crippen LogP contribution in [0.4, 0.5) is 8.78 Å². The number of nitriles is 1. The molecule has 1 aromatic carbocycles. The second kappa shape index (κ2) is 3.52. The quantitative estimate of drug-likeness (QED) is 0.700. The van der Waals surface area contributed by atoms with Crippen LogP contribution >= 0.6 is 10.7 Å². The lowest BCUT2D eigenvalue weighted by Crippen LogP contribution is -1.97. The molecule has 0 aliphatic heterocycles. The number of hydrogen-bond donors (Lipinski definition) is 0. The standard InChI is InChI=1S/C7H2ClF2NO2S/c8-14(12,13)4-1-6(9)5(3-11)7(10)2-4/h1-2H. The van der Waals surface area contributed by atoms with E-state index in [0.29, 0.717) is 12.1 Å². The van der Waals surface area contributed by atoms with Crippen molar-refractivity contribution in [3.63, 3.8) is 0 Å². The predicted octanol–water partition coefficient (Wildman–Crippen LogP) is 1.76. The minimum Gasteiger partial charge on any atom is -0.207 e. The first kappa shape index (κ1) is 10.9. The highest BCUT2D eigenvalue weighted by molar-refractivity contribution is 8.13. The molecule has 0 saturated heterocycles. The summed E-state index contributed by atoms with van der Waals surface area (Å²) in [5, 5.41) is 8.28. The zero-order chi connectivity index (χ0) is 10.9. The molecule has 0 heterocycles. The van der Waals surface area contributed by atoms with E-state index >= 15 is 0 Å². The third-order valence-electron chi connectivity index (χ3n) is 1.41. The molecule has 0 bridgehead atoms. The maximum atomic E-state index is 12.9. The van der Waals surface area contributed by atoms with Gasteiger partial charge < -0.3 is 0 Å². The van der Waals surface area contributed by atoms with Crippen molar-refractivity contribution in [2.24, 2.45) is 0 Å². The summed E-state index contributed by atoms with van der Waals surface area (Å²) in [6.07, 6.45) is 0. The predicted molar refractivity (Wildman–Crippen MR) is 44.1 cm³/mol. The topological polar surface area (TPSA) is 57.9 Å². The van der Waals surface area contributed by atoms with Gasteiger partial charge in [-0.2, -0.15) is 5.26 Å². The molecule has 0 fully saturated rings. The van der Waals surface area contributed by atoms with Crippen LogP contribution in [0.3, 0.4) is 0 Å². The first-order valence-corrected chi connectivity index (χ1v) is 5.51. The smallest absolute Gasteiger partial charge is 0.207 e. The lowest BCUT2D eigenvalue weighted by molar-refractivity contribution is 0.565. The van der Waals surface area contributed by atoms with Gasteiger partial charge >= 0.3 is 0 Å². The summed E-state index contributed by atoms with van der Waals surface area (Å²) in [5.74, 6) is -2.52. The highest BCUT2D eigenvalue weighted by Gasteiger charge is 2.17. The highest BCUT2D eigenvalue weighted by atomic mass is 35.7. The van der Waals surface area contributed by atoms with Crippen LogP contribution in [0.5, 0.6) is 0 Å². The summed E-state index contributed by atoms with van der Waals surface area (Å²) >= 11 is 0. The molecule has 0 aromatic heterocycles. The first-order valence-electron chi connectivity index (χ1n) is 3.20. The summed E-state index contributed by atoms with van der Waals surface area (Å²) in [7, 11) is 0.664. The Morgan fingerprint density at radius 3 is 2.00 bits per heavy atom. The largest absolute Gasteiger partial charge is 0.261 e. The molecule has 0 amide bonds. The van der Waals surface area contributed by atoms with Crippen LogP contribution in [0, 0.1) is 23.0 Å². The van der Waals surface area contributed by atoms with Gasteiger partial charge in [-0.05, 0) is 12.1 Å². The van der Waals surface area contributed by atoms with E-state index in [2.05, 4.69) is 0 Å². The second-order valence-corrected chi connectivity index (χ2v) is 4.88. The molecular formula is C7H2ClF2NO2S. The number of benzene rings is 1. The Bertz CT molecular complexity index is 498. The summed E-state index contributed by atoms with van der Waals surface area (Å²) < 4.78 is 47.1. The first-order chi connectivity index (χ1) is 6.36. The van der Waals surface area contributed by atoms with Gasteiger partial charge in [-0.3, -0.25) is 0 Å². The molecule has 0 atom stereocenters. The lowest BCUT2D eigenvalue weighted by Gasteiger charge is -1.99. The van der Waals surface area contributed by atoms with Crippen LogP contribution in [0.1, 0.15) is 5.56 Å². The van der Waals surface area contributed by atoms with Crippen molar-refractivity contribution in [2.75, 3.05) is 0 Å². The van der Waals surface area contributed by atoms with Gasteiger partial charge in [0.05, 0.1) is 4.90 Å². The Labute approximate surface area is 83.0 Å². The van der Waals surface area contributed by atoms with Gasteiger partial charge in [0, 0.05) is 10.7 Å². The fourth-order valence-corrected chi connectivity index (χ4v) is 1.55. The second-order valence-electron chi connectivity index (χ2n) is 2.31. The number of halogens is 3. The molecule has 3 nitrogen and oxygen atoms in total. The van der Waals surface area contributed by atoms with Gasteiger partial charge in [0.15, 0.2) is 0 Å². The van der Waals surface area contributed by atoms with E-state index in [1.807, 2.05) is 0 Å². The van der Waals surface area contributed by atoms with Crippen LogP contribution in [0.2, 0.25) is 0 Å². The maximum absolute atomic E-state index is 12.9. The molecule has 1 rings (SSSR count). The third-order valence-corrected chi connectivity index (χ3v) is 2.74. The van der Waals surface area contributed by atoms with Crippen LogP contribution in [0.15, 0.2) is 17.0 Å². The molecule has 0 saturated carbocycles. The fraction of sp³-hybridized carbons (Fsp3) is 0.